The monoisotopic (exact) mass is 293 g/mol. The molecular formula is C15H19NO5. The van der Waals surface area contributed by atoms with E-state index >= 15 is 0 Å². The molecule has 1 heterocycles. The Morgan fingerprint density at radius 1 is 1.43 bits per heavy atom. The summed E-state index contributed by atoms with van der Waals surface area (Å²) in [6.07, 6.45) is 1.41. The van der Waals surface area contributed by atoms with Crippen molar-refractivity contribution in [3.8, 4) is 11.5 Å². The lowest BCUT2D eigenvalue weighted by atomic mass is 9.92. The molecule has 1 atom stereocenters. The highest BCUT2D eigenvalue weighted by molar-refractivity contribution is 6.00. The van der Waals surface area contributed by atoms with E-state index in [2.05, 4.69) is 0 Å². The number of carbonyl (C=O) groups excluding carboxylic acids is 1. The molecule has 6 heteroatoms. The second-order valence-electron chi connectivity index (χ2n) is 5.13. The van der Waals surface area contributed by atoms with Crippen LogP contribution in [0.25, 0.3) is 0 Å². The standard InChI is InChI=1S/C15H19NO5/c1-3-15(14(19)20)7-4-8-16(15)13(18)11-6-5-10(21-2)9-12(11)17/h5-6,9,17H,3-4,7-8H2,1-2H3,(H,19,20). The Morgan fingerprint density at radius 2 is 2.14 bits per heavy atom. The molecule has 1 aromatic rings. The Bertz CT molecular complexity index is 571. The van der Waals surface area contributed by atoms with Crippen LogP contribution in [0.4, 0.5) is 0 Å². The highest BCUT2D eigenvalue weighted by Gasteiger charge is 2.48. The number of phenols is 1. The lowest BCUT2D eigenvalue weighted by molar-refractivity contribution is -0.148. The van der Waals surface area contributed by atoms with Gasteiger partial charge in [-0.15, -0.1) is 0 Å². The highest BCUT2D eigenvalue weighted by Crippen LogP contribution is 2.35. The minimum atomic E-state index is -1.18. The maximum atomic E-state index is 12.6. The summed E-state index contributed by atoms with van der Waals surface area (Å²) in [5.41, 5.74) is -1.08. The van der Waals surface area contributed by atoms with Crippen LogP contribution in [0.1, 0.15) is 36.5 Å². The number of methoxy groups -OCH3 is 1. The summed E-state index contributed by atoms with van der Waals surface area (Å²) >= 11 is 0. The van der Waals surface area contributed by atoms with Gasteiger partial charge in [0.2, 0.25) is 0 Å². The molecule has 0 saturated carbocycles. The SMILES string of the molecule is CCC1(C(=O)O)CCCN1C(=O)c1ccc(OC)cc1O. The van der Waals surface area contributed by atoms with Crippen LogP contribution in [0.5, 0.6) is 11.5 Å². The molecule has 6 nitrogen and oxygen atoms in total. The number of hydrogen-bond acceptors (Lipinski definition) is 4. The summed E-state index contributed by atoms with van der Waals surface area (Å²) in [5, 5.41) is 19.5. The molecule has 1 saturated heterocycles. The minimum absolute atomic E-state index is 0.0942. The first-order valence-corrected chi connectivity index (χ1v) is 6.88. The number of carboxylic acids is 1. The summed E-state index contributed by atoms with van der Waals surface area (Å²) in [6, 6.07) is 4.37. The van der Waals surface area contributed by atoms with Gasteiger partial charge in [0, 0.05) is 12.6 Å². The lowest BCUT2D eigenvalue weighted by Gasteiger charge is -2.34. The number of benzene rings is 1. The summed E-state index contributed by atoms with van der Waals surface area (Å²) < 4.78 is 4.98. The molecule has 0 aromatic heterocycles. The molecule has 1 unspecified atom stereocenters. The molecule has 114 valence electrons. The summed E-state index contributed by atoms with van der Waals surface area (Å²) in [5.74, 6) is -1.23. The van der Waals surface area contributed by atoms with Crippen molar-refractivity contribution in [2.24, 2.45) is 0 Å². The molecule has 0 aliphatic carbocycles. The van der Waals surface area contributed by atoms with Crippen LogP contribution in [0.15, 0.2) is 18.2 Å². The van der Waals surface area contributed by atoms with Crippen LogP contribution in [0.3, 0.4) is 0 Å². The highest BCUT2D eigenvalue weighted by atomic mass is 16.5. The molecule has 1 aromatic carbocycles. The first-order valence-electron chi connectivity index (χ1n) is 6.88. The van der Waals surface area contributed by atoms with E-state index < -0.39 is 17.4 Å². The summed E-state index contributed by atoms with van der Waals surface area (Å²) in [4.78, 5) is 25.6. The topological polar surface area (TPSA) is 87.1 Å². The average molecular weight is 293 g/mol. The molecule has 21 heavy (non-hydrogen) atoms. The number of aromatic hydroxyl groups is 1. The number of likely N-dealkylation sites (tertiary alicyclic amines) is 1. The molecule has 0 radical (unpaired) electrons. The number of aliphatic carboxylic acids is 1. The van der Waals surface area contributed by atoms with Gasteiger partial charge in [0.05, 0.1) is 12.7 Å². The van der Waals surface area contributed by atoms with Crippen molar-refractivity contribution >= 4 is 11.9 Å². The van der Waals surface area contributed by atoms with Crippen LogP contribution < -0.4 is 4.74 Å². The predicted molar refractivity (Wildman–Crippen MR) is 75.6 cm³/mol. The van der Waals surface area contributed by atoms with E-state index in [9.17, 15) is 19.8 Å². The second-order valence-corrected chi connectivity index (χ2v) is 5.13. The third-order valence-corrected chi connectivity index (χ3v) is 4.15. The van der Waals surface area contributed by atoms with Crippen LogP contribution in [-0.2, 0) is 4.79 Å². The third-order valence-electron chi connectivity index (χ3n) is 4.15. The summed E-state index contributed by atoms with van der Waals surface area (Å²) in [6.45, 7) is 2.14. The van der Waals surface area contributed by atoms with E-state index in [-0.39, 0.29) is 11.3 Å². The van der Waals surface area contributed by atoms with Crippen molar-refractivity contribution in [2.45, 2.75) is 31.7 Å². The van der Waals surface area contributed by atoms with Gasteiger partial charge < -0.3 is 19.8 Å². The minimum Gasteiger partial charge on any atom is -0.507 e. The van der Waals surface area contributed by atoms with Crippen molar-refractivity contribution < 1.29 is 24.5 Å². The quantitative estimate of drug-likeness (QED) is 0.885. The van der Waals surface area contributed by atoms with Crippen molar-refractivity contribution in [1.82, 2.24) is 4.90 Å². The zero-order chi connectivity index (χ0) is 15.6. The Balaban J connectivity index is 2.37. The number of nitrogens with zero attached hydrogens (tertiary/aromatic N) is 1. The smallest absolute Gasteiger partial charge is 0.329 e. The van der Waals surface area contributed by atoms with E-state index in [4.69, 9.17) is 4.74 Å². The lowest BCUT2D eigenvalue weighted by Crippen LogP contribution is -2.52. The molecular weight excluding hydrogens is 274 g/mol. The van der Waals surface area contributed by atoms with Gasteiger partial charge in [-0.25, -0.2) is 4.79 Å². The second kappa shape index (κ2) is 5.63. The van der Waals surface area contributed by atoms with Crippen molar-refractivity contribution in [1.29, 1.82) is 0 Å². The van der Waals surface area contributed by atoms with Gasteiger partial charge in [0.15, 0.2) is 0 Å². The Hall–Kier alpha value is -2.24. The zero-order valence-corrected chi connectivity index (χ0v) is 12.1. The average Bonchev–Trinajstić information content (AvgIpc) is 2.91. The number of ether oxygens (including phenoxy) is 1. The number of carbonyl (C=O) groups is 2. The Morgan fingerprint density at radius 3 is 2.67 bits per heavy atom. The van der Waals surface area contributed by atoms with E-state index in [1.54, 1.807) is 13.0 Å². The molecule has 1 aliphatic rings. The van der Waals surface area contributed by atoms with Gasteiger partial charge in [0.1, 0.15) is 17.0 Å². The largest absolute Gasteiger partial charge is 0.507 e. The number of amides is 1. The van der Waals surface area contributed by atoms with E-state index in [0.29, 0.717) is 31.6 Å². The fourth-order valence-electron chi connectivity index (χ4n) is 2.88. The van der Waals surface area contributed by atoms with Crippen LogP contribution in [0, 0.1) is 0 Å². The molecule has 2 N–H and O–H groups in total. The van der Waals surface area contributed by atoms with Crippen LogP contribution in [-0.4, -0.2) is 46.2 Å². The van der Waals surface area contributed by atoms with Gasteiger partial charge in [-0.3, -0.25) is 4.79 Å². The first-order chi connectivity index (χ1) is 9.96. The first kappa shape index (κ1) is 15.2. The molecule has 0 spiro atoms. The Kier molecular flexibility index (Phi) is 4.06. The van der Waals surface area contributed by atoms with Crippen molar-refractivity contribution in [3.05, 3.63) is 23.8 Å². The van der Waals surface area contributed by atoms with Gasteiger partial charge in [0.25, 0.3) is 5.91 Å². The van der Waals surface area contributed by atoms with E-state index in [1.165, 1.54) is 24.1 Å². The van der Waals surface area contributed by atoms with Crippen LogP contribution >= 0.6 is 0 Å². The Labute approximate surface area is 122 Å². The van der Waals surface area contributed by atoms with E-state index in [1.807, 2.05) is 0 Å². The number of phenolic OH excluding ortho intramolecular Hbond substituents is 1. The maximum absolute atomic E-state index is 12.6. The predicted octanol–water partition coefficient (Wildman–Crippen LogP) is 1.87. The maximum Gasteiger partial charge on any atom is 0.329 e. The van der Waals surface area contributed by atoms with Gasteiger partial charge >= 0.3 is 5.97 Å². The third kappa shape index (κ3) is 2.41. The normalized spacial score (nSPS) is 21.3. The zero-order valence-electron chi connectivity index (χ0n) is 12.1. The fourth-order valence-corrected chi connectivity index (χ4v) is 2.88. The number of hydrogen-bond donors (Lipinski definition) is 2. The van der Waals surface area contributed by atoms with Crippen molar-refractivity contribution in [3.63, 3.8) is 0 Å². The molecule has 1 fully saturated rings. The van der Waals surface area contributed by atoms with Gasteiger partial charge in [-0.05, 0) is 31.4 Å². The fraction of sp³-hybridized carbons (Fsp3) is 0.467. The molecule has 2 rings (SSSR count). The summed E-state index contributed by atoms with van der Waals surface area (Å²) in [7, 11) is 1.46. The number of rotatable bonds is 4. The van der Waals surface area contributed by atoms with Gasteiger partial charge in [-0.2, -0.15) is 0 Å². The van der Waals surface area contributed by atoms with Gasteiger partial charge in [-0.1, -0.05) is 6.92 Å². The van der Waals surface area contributed by atoms with Crippen LogP contribution in [0.2, 0.25) is 0 Å². The molecule has 0 bridgehead atoms. The molecule has 1 amide bonds. The van der Waals surface area contributed by atoms with E-state index in [0.717, 1.165) is 0 Å². The number of carboxylic acid groups (broad SMARTS) is 1. The van der Waals surface area contributed by atoms with Crippen molar-refractivity contribution in [2.75, 3.05) is 13.7 Å². The molecule has 1 aliphatic heterocycles.